The Morgan fingerprint density at radius 2 is 1.79 bits per heavy atom. The van der Waals surface area contributed by atoms with E-state index in [0.29, 0.717) is 10.6 Å². The van der Waals surface area contributed by atoms with Gasteiger partial charge in [0.2, 0.25) is 0 Å². The first-order chi connectivity index (χ1) is 9.02. The van der Waals surface area contributed by atoms with E-state index >= 15 is 0 Å². The lowest BCUT2D eigenvalue weighted by Gasteiger charge is -2.08. The highest BCUT2D eigenvalue weighted by Crippen LogP contribution is 2.08. The van der Waals surface area contributed by atoms with E-state index in [-0.39, 0.29) is 6.54 Å². The molecule has 0 aliphatic carbocycles. The molecule has 3 N–H and O–H groups in total. The summed E-state index contributed by atoms with van der Waals surface area (Å²) in [4.78, 5) is 33.5. The molecular weight excluding hydrogens is 274 g/mol. The predicted molar refractivity (Wildman–Crippen MR) is 67.5 cm³/mol. The minimum Gasteiger partial charge on any atom is -0.468 e. The van der Waals surface area contributed by atoms with Crippen molar-refractivity contribution in [3.63, 3.8) is 0 Å². The lowest BCUT2D eigenvalue weighted by Crippen LogP contribution is -2.48. The SMILES string of the molecule is COC(=O)CNC(=O)NNC(=O)c1ccc(Cl)cc1. The van der Waals surface area contributed by atoms with Crippen molar-refractivity contribution in [1.29, 1.82) is 0 Å². The van der Waals surface area contributed by atoms with Gasteiger partial charge in [-0.3, -0.25) is 15.0 Å². The van der Waals surface area contributed by atoms with Crippen molar-refractivity contribution >= 4 is 29.5 Å². The molecule has 0 radical (unpaired) electrons. The van der Waals surface area contributed by atoms with E-state index in [2.05, 4.69) is 20.9 Å². The molecule has 1 aromatic rings. The molecular formula is C11H12ClN3O4. The van der Waals surface area contributed by atoms with Gasteiger partial charge in [-0.2, -0.15) is 0 Å². The molecule has 0 saturated heterocycles. The van der Waals surface area contributed by atoms with E-state index in [4.69, 9.17) is 11.6 Å². The van der Waals surface area contributed by atoms with Crippen LogP contribution >= 0.6 is 11.6 Å². The molecule has 0 saturated carbocycles. The molecule has 0 aliphatic rings. The highest BCUT2D eigenvalue weighted by Gasteiger charge is 2.08. The number of carbonyl (C=O) groups excluding carboxylic acids is 3. The number of nitrogens with one attached hydrogen (secondary N) is 3. The van der Waals surface area contributed by atoms with E-state index in [9.17, 15) is 14.4 Å². The first-order valence-corrected chi connectivity index (χ1v) is 5.57. The molecule has 0 aliphatic heterocycles. The van der Waals surface area contributed by atoms with Crippen LogP contribution in [0.3, 0.4) is 0 Å². The highest BCUT2D eigenvalue weighted by molar-refractivity contribution is 6.30. The fraction of sp³-hybridized carbons (Fsp3) is 0.182. The maximum Gasteiger partial charge on any atom is 0.333 e. The van der Waals surface area contributed by atoms with Gasteiger partial charge >= 0.3 is 12.0 Å². The fourth-order valence-electron chi connectivity index (χ4n) is 1.06. The predicted octanol–water partition coefficient (Wildman–Crippen LogP) is 0.457. The van der Waals surface area contributed by atoms with Gasteiger partial charge < -0.3 is 10.1 Å². The smallest absolute Gasteiger partial charge is 0.333 e. The standard InChI is InChI=1S/C11H12ClN3O4/c1-19-9(16)6-13-11(18)15-14-10(17)7-2-4-8(12)5-3-7/h2-5H,6H2,1H3,(H,14,17)(H2,13,15,18). The first kappa shape index (κ1) is 14.8. The van der Waals surface area contributed by atoms with Crippen LogP contribution < -0.4 is 16.2 Å². The number of ether oxygens (including phenoxy) is 1. The van der Waals surface area contributed by atoms with Crippen LogP contribution in [0.5, 0.6) is 0 Å². The summed E-state index contributed by atoms with van der Waals surface area (Å²) in [7, 11) is 1.20. The molecule has 0 unspecified atom stereocenters. The average Bonchev–Trinajstić information content (AvgIpc) is 2.42. The van der Waals surface area contributed by atoms with Crippen molar-refractivity contribution in [3.8, 4) is 0 Å². The number of carbonyl (C=O) groups is 3. The zero-order valence-corrected chi connectivity index (χ0v) is 10.8. The number of halogens is 1. The maximum absolute atomic E-state index is 11.6. The van der Waals surface area contributed by atoms with Crippen LogP contribution in [0, 0.1) is 0 Å². The van der Waals surface area contributed by atoms with Crippen molar-refractivity contribution in [3.05, 3.63) is 34.9 Å². The molecule has 0 aromatic heterocycles. The largest absolute Gasteiger partial charge is 0.468 e. The van der Waals surface area contributed by atoms with Gasteiger partial charge in [0.1, 0.15) is 6.54 Å². The number of benzene rings is 1. The summed E-state index contributed by atoms with van der Waals surface area (Å²) >= 11 is 5.67. The quantitative estimate of drug-likeness (QED) is 0.555. The Balaban J connectivity index is 2.36. The second-order valence-corrected chi connectivity index (χ2v) is 3.78. The summed E-state index contributed by atoms with van der Waals surface area (Å²) in [5.74, 6) is -1.11. The van der Waals surface area contributed by atoms with E-state index in [0.717, 1.165) is 0 Å². The van der Waals surface area contributed by atoms with Gasteiger partial charge in [0.05, 0.1) is 7.11 Å². The van der Waals surface area contributed by atoms with E-state index in [1.54, 1.807) is 12.1 Å². The minimum atomic E-state index is -0.729. The molecule has 3 amide bonds. The molecule has 8 heteroatoms. The van der Waals surface area contributed by atoms with Crippen molar-refractivity contribution in [1.82, 2.24) is 16.2 Å². The first-order valence-electron chi connectivity index (χ1n) is 5.19. The molecule has 0 heterocycles. The third-order valence-electron chi connectivity index (χ3n) is 2.02. The molecule has 0 spiro atoms. The Kier molecular flexibility index (Phi) is 5.62. The molecule has 1 aromatic carbocycles. The average molecular weight is 286 g/mol. The molecule has 102 valence electrons. The van der Waals surface area contributed by atoms with Crippen LogP contribution in [-0.2, 0) is 9.53 Å². The van der Waals surface area contributed by atoms with Crippen molar-refractivity contribution in [2.75, 3.05) is 13.7 Å². The summed E-state index contributed by atoms with van der Waals surface area (Å²) in [5.41, 5.74) is 4.58. The van der Waals surface area contributed by atoms with Crippen molar-refractivity contribution in [2.45, 2.75) is 0 Å². The Labute approximate surface area is 114 Å². The summed E-state index contributed by atoms with van der Waals surface area (Å²) in [6, 6.07) is 5.38. The second-order valence-electron chi connectivity index (χ2n) is 3.34. The Hall–Kier alpha value is -2.28. The van der Waals surface area contributed by atoms with Gasteiger partial charge in [-0.1, -0.05) is 11.6 Å². The lowest BCUT2D eigenvalue weighted by atomic mass is 10.2. The number of esters is 1. The van der Waals surface area contributed by atoms with Gasteiger partial charge in [-0.15, -0.1) is 0 Å². The zero-order chi connectivity index (χ0) is 14.3. The molecule has 0 atom stereocenters. The monoisotopic (exact) mass is 285 g/mol. The normalized spacial score (nSPS) is 9.37. The van der Waals surface area contributed by atoms with Gasteiger partial charge in [0.25, 0.3) is 5.91 Å². The highest BCUT2D eigenvalue weighted by atomic mass is 35.5. The number of methoxy groups -OCH3 is 1. The molecule has 19 heavy (non-hydrogen) atoms. The number of hydrogen-bond donors (Lipinski definition) is 3. The van der Waals surface area contributed by atoms with Crippen LogP contribution in [0.4, 0.5) is 4.79 Å². The Bertz CT molecular complexity index is 475. The second kappa shape index (κ2) is 7.22. The van der Waals surface area contributed by atoms with E-state index < -0.39 is 17.9 Å². The molecule has 0 bridgehead atoms. The van der Waals surface area contributed by atoms with Crippen LogP contribution in [0.15, 0.2) is 24.3 Å². The van der Waals surface area contributed by atoms with Gasteiger partial charge in [-0.05, 0) is 24.3 Å². The Morgan fingerprint density at radius 1 is 1.16 bits per heavy atom. The van der Waals surface area contributed by atoms with Crippen LogP contribution in [0.1, 0.15) is 10.4 Å². The summed E-state index contributed by atoms with van der Waals surface area (Å²) in [5, 5.41) is 2.69. The zero-order valence-electron chi connectivity index (χ0n) is 10.0. The maximum atomic E-state index is 11.6. The fourth-order valence-corrected chi connectivity index (χ4v) is 1.18. The summed E-state index contributed by atoms with van der Waals surface area (Å²) < 4.78 is 4.33. The number of amides is 3. The van der Waals surface area contributed by atoms with Gasteiger partial charge in [0.15, 0.2) is 0 Å². The topological polar surface area (TPSA) is 96.5 Å². The van der Waals surface area contributed by atoms with Crippen molar-refractivity contribution < 1.29 is 19.1 Å². The van der Waals surface area contributed by atoms with Crippen LogP contribution in [0.25, 0.3) is 0 Å². The van der Waals surface area contributed by atoms with Crippen molar-refractivity contribution in [2.24, 2.45) is 0 Å². The Morgan fingerprint density at radius 3 is 2.37 bits per heavy atom. The van der Waals surface area contributed by atoms with E-state index in [1.807, 2.05) is 0 Å². The minimum absolute atomic E-state index is 0.293. The van der Waals surface area contributed by atoms with Gasteiger partial charge in [-0.25, -0.2) is 10.2 Å². The summed E-state index contributed by atoms with van der Waals surface area (Å²) in [6.45, 7) is -0.293. The number of hydrogen-bond acceptors (Lipinski definition) is 4. The van der Waals surface area contributed by atoms with Crippen LogP contribution in [0.2, 0.25) is 5.02 Å². The van der Waals surface area contributed by atoms with E-state index in [1.165, 1.54) is 19.2 Å². The molecule has 7 nitrogen and oxygen atoms in total. The third-order valence-corrected chi connectivity index (χ3v) is 2.27. The lowest BCUT2D eigenvalue weighted by molar-refractivity contribution is -0.139. The number of rotatable bonds is 3. The third kappa shape index (κ3) is 5.26. The van der Waals surface area contributed by atoms with Gasteiger partial charge in [0, 0.05) is 10.6 Å². The number of hydrazine groups is 1. The number of urea groups is 1. The molecule has 1 rings (SSSR count). The van der Waals surface area contributed by atoms with Crippen LogP contribution in [-0.4, -0.2) is 31.6 Å². The summed E-state index contributed by atoms with van der Waals surface area (Å²) in [6.07, 6.45) is 0. The molecule has 0 fully saturated rings.